The predicted molar refractivity (Wildman–Crippen MR) is 122 cm³/mol. The first-order chi connectivity index (χ1) is 14.3. The maximum atomic E-state index is 12.9. The molecular weight excluding hydrogens is 441 g/mol. The van der Waals surface area contributed by atoms with Gasteiger partial charge in [0, 0.05) is 17.0 Å². The van der Waals surface area contributed by atoms with Crippen molar-refractivity contribution < 1.29 is 8.42 Å². The van der Waals surface area contributed by atoms with Crippen LogP contribution in [0.15, 0.2) is 59.8 Å². The van der Waals surface area contributed by atoms with E-state index in [0.29, 0.717) is 22.9 Å². The van der Waals surface area contributed by atoms with Crippen molar-refractivity contribution in [2.45, 2.75) is 38.0 Å². The van der Waals surface area contributed by atoms with Gasteiger partial charge in [0.15, 0.2) is 0 Å². The van der Waals surface area contributed by atoms with Crippen LogP contribution in [0.25, 0.3) is 0 Å². The van der Waals surface area contributed by atoms with Crippen LogP contribution in [-0.4, -0.2) is 18.4 Å². The highest BCUT2D eigenvalue weighted by Gasteiger charge is 2.20. The van der Waals surface area contributed by atoms with E-state index in [4.69, 9.17) is 23.2 Å². The van der Waals surface area contributed by atoms with Crippen LogP contribution in [0.1, 0.15) is 37.0 Å². The molecular formula is C22H23Cl2N3O2S. The zero-order valence-corrected chi connectivity index (χ0v) is 19.1. The number of nitrogens with one attached hydrogen (secondary N) is 1. The molecule has 0 unspecified atom stereocenters. The summed E-state index contributed by atoms with van der Waals surface area (Å²) in [6.45, 7) is 4.33. The summed E-state index contributed by atoms with van der Waals surface area (Å²) < 4.78 is 28.4. The lowest BCUT2D eigenvalue weighted by Gasteiger charge is -2.13. The molecule has 30 heavy (non-hydrogen) atoms. The van der Waals surface area contributed by atoms with Gasteiger partial charge in [-0.05, 0) is 48.1 Å². The topological polar surface area (TPSA) is 72.0 Å². The number of rotatable bonds is 8. The zero-order chi connectivity index (χ0) is 21.7. The first-order valence-electron chi connectivity index (χ1n) is 9.61. The molecule has 158 valence electrons. The summed E-state index contributed by atoms with van der Waals surface area (Å²) in [6.07, 6.45) is 3.49. The van der Waals surface area contributed by atoms with Crippen molar-refractivity contribution in [3.05, 3.63) is 81.7 Å². The summed E-state index contributed by atoms with van der Waals surface area (Å²) in [5.74, 6) is 0.730. The molecule has 3 aromatic rings. The Labute approximate surface area is 187 Å². The second-order valence-corrected chi connectivity index (χ2v) is 9.89. The molecule has 8 heteroatoms. The van der Waals surface area contributed by atoms with Crippen LogP contribution in [0.4, 0.5) is 5.82 Å². The average Bonchev–Trinajstić information content (AvgIpc) is 2.70. The van der Waals surface area contributed by atoms with Crippen molar-refractivity contribution >= 4 is 39.0 Å². The largest absolute Gasteiger partial charge is 0.263 e. The molecule has 0 spiro atoms. The van der Waals surface area contributed by atoms with Crippen LogP contribution >= 0.6 is 23.2 Å². The Morgan fingerprint density at radius 2 is 1.70 bits per heavy atom. The number of hydrogen-bond acceptors (Lipinski definition) is 4. The number of nitrogens with zero attached hydrogens (tertiary/aromatic N) is 2. The maximum absolute atomic E-state index is 12.9. The lowest BCUT2D eigenvalue weighted by atomic mass is 10.0. The van der Waals surface area contributed by atoms with E-state index in [1.807, 2.05) is 30.3 Å². The van der Waals surface area contributed by atoms with E-state index in [2.05, 4.69) is 28.5 Å². The third-order valence-electron chi connectivity index (χ3n) is 4.69. The van der Waals surface area contributed by atoms with Gasteiger partial charge in [0.05, 0.1) is 4.90 Å². The minimum Gasteiger partial charge on any atom is -0.263 e. The van der Waals surface area contributed by atoms with Crippen molar-refractivity contribution in [2.75, 3.05) is 4.72 Å². The molecule has 0 bridgehead atoms. The van der Waals surface area contributed by atoms with E-state index in [1.54, 1.807) is 18.2 Å². The number of benzene rings is 2. The van der Waals surface area contributed by atoms with E-state index in [-0.39, 0.29) is 15.9 Å². The molecule has 1 heterocycles. The molecule has 3 rings (SSSR count). The molecule has 0 fully saturated rings. The Morgan fingerprint density at radius 1 is 1.00 bits per heavy atom. The minimum absolute atomic E-state index is 0.138. The molecule has 0 aliphatic heterocycles. The summed E-state index contributed by atoms with van der Waals surface area (Å²) in [4.78, 5) is 8.27. The molecule has 0 radical (unpaired) electrons. The van der Waals surface area contributed by atoms with Gasteiger partial charge in [-0.15, -0.1) is 0 Å². The number of aromatic nitrogens is 2. The van der Waals surface area contributed by atoms with E-state index in [9.17, 15) is 8.42 Å². The molecule has 0 aliphatic rings. The van der Waals surface area contributed by atoms with Crippen LogP contribution < -0.4 is 4.72 Å². The summed E-state index contributed by atoms with van der Waals surface area (Å²) in [7, 11) is -3.83. The maximum Gasteiger partial charge on any atom is 0.263 e. The van der Waals surface area contributed by atoms with Crippen molar-refractivity contribution in [2.24, 2.45) is 5.92 Å². The Hall–Kier alpha value is -2.15. The average molecular weight is 464 g/mol. The van der Waals surface area contributed by atoms with E-state index >= 15 is 0 Å². The number of sulfonamides is 1. The number of aryl methyl sites for hydroxylation is 1. The minimum atomic E-state index is -3.83. The monoisotopic (exact) mass is 463 g/mol. The van der Waals surface area contributed by atoms with E-state index < -0.39 is 10.0 Å². The third-order valence-corrected chi connectivity index (χ3v) is 6.74. The van der Waals surface area contributed by atoms with Gasteiger partial charge < -0.3 is 0 Å². The summed E-state index contributed by atoms with van der Waals surface area (Å²) >= 11 is 12.5. The number of hydrogen-bond donors (Lipinski definition) is 1. The van der Waals surface area contributed by atoms with Gasteiger partial charge in [-0.1, -0.05) is 67.4 Å². The molecule has 0 saturated carbocycles. The Balaban J connectivity index is 1.85. The number of halogens is 2. The van der Waals surface area contributed by atoms with Gasteiger partial charge >= 0.3 is 0 Å². The first kappa shape index (κ1) is 22.5. The van der Waals surface area contributed by atoms with Crippen LogP contribution in [0.3, 0.4) is 0 Å². The van der Waals surface area contributed by atoms with Gasteiger partial charge in [-0.3, -0.25) is 4.72 Å². The smallest absolute Gasteiger partial charge is 0.263 e. The van der Waals surface area contributed by atoms with E-state index in [1.165, 1.54) is 6.33 Å². The molecule has 0 amide bonds. The second kappa shape index (κ2) is 9.77. The van der Waals surface area contributed by atoms with Crippen LogP contribution in [0, 0.1) is 5.92 Å². The normalized spacial score (nSPS) is 11.6. The summed E-state index contributed by atoms with van der Waals surface area (Å²) in [5.41, 5.74) is 2.36. The fourth-order valence-corrected chi connectivity index (χ4v) is 4.39. The van der Waals surface area contributed by atoms with Crippen molar-refractivity contribution in [3.63, 3.8) is 0 Å². The van der Waals surface area contributed by atoms with Crippen LogP contribution in [-0.2, 0) is 22.9 Å². The molecule has 0 atom stereocenters. The standard InChI is InChI=1S/C22H23Cl2N3O2S/c1-15(2)7-8-16-9-11-18(12-10-16)30(28,29)27-22-19(21(24)25-14-26-22)13-17-5-3-4-6-20(17)23/h3-6,9-12,14-15H,7-8,13H2,1-2H3,(H,25,26,27). The van der Waals surface area contributed by atoms with Crippen LogP contribution in [0.2, 0.25) is 10.2 Å². The van der Waals surface area contributed by atoms with Gasteiger partial charge in [0.25, 0.3) is 10.0 Å². The molecule has 0 saturated heterocycles. The van der Waals surface area contributed by atoms with E-state index in [0.717, 1.165) is 24.0 Å². The summed E-state index contributed by atoms with van der Waals surface area (Å²) in [6, 6.07) is 14.2. The fourth-order valence-electron chi connectivity index (χ4n) is 2.94. The fraction of sp³-hybridized carbons (Fsp3) is 0.273. The van der Waals surface area contributed by atoms with Crippen LogP contribution in [0.5, 0.6) is 0 Å². The number of anilines is 1. The highest BCUT2D eigenvalue weighted by molar-refractivity contribution is 7.92. The van der Waals surface area contributed by atoms with Gasteiger partial charge in [-0.25, -0.2) is 18.4 Å². The SMILES string of the molecule is CC(C)CCc1ccc(S(=O)(=O)Nc2ncnc(Cl)c2Cc2ccccc2Cl)cc1. The van der Waals surface area contributed by atoms with Gasteiger partial charge in [-0.2, -0.15) is 0 Å². The zero-order valence-electron chi connectivity index (χ0n) is 16.8. The lowest BCUT2D eigenvalue weighted by molar-refractivity contribution is 0.586. The lowest BCUT2D eigenvalue weighted by Crippen LogP contribution is -2.16. The first-order valence-corrected chi connectivity index (χ1v) is 11.8. The predicted octanol–water partition coefficient (Wildman–Crippen LogP) is 5.76. The Bertz CT molecular complexity index is 1120. The Morgan fingerprint density at radius 3 is 2.37 bits per heavy atom. The summed E-state index contributed by atoms with van der Waals surface area (Å²) in [5, 5.41) is 0.731. The second-order valence-electron chi connectivity index (χ2n) is 7.44. The van der Waals surface area contributed by atoms with Crippen molar-refractivity contribution in [1.29, 1.82) is 0 Å². The molecule has 2 aromatic carbocycles. The quantitative estimate of drug-likeness (QED) is 0.430. The van der Waals surface area contributed by atoms with Gasteiger partial charge in [0.2, 0.25) is 0 Å². The third kappa shape index (κ3) is 5.72. The highest BCUT2D eigenvalue weighted by atomic mass is 35.5. The molecule has 5 nitrogen and oxygen atoms in total. The van der Waals surface area contributed by atoms with Crippen molar-refractivity contribution in [3.8, 4) is 0 Å². The highest BCUT2D eigenvalue weighted by Crippen LogP contribution is 2.28. The molecule has 1 aromatic heterocycles. The molecule has 0 aliphatic carbocycles. The Kier molecular flexibility index (Phi) is 7.34. The molecule has 1 N–H and O–H groups in total. The van der Waals surface area contributed by atoms with Crippen molar-refractivity contribution in [1.82, 2.24) is 9.97 Å². The van der Waals surface area contributed by atoms with Gasteiger partial charge in [0.1, 0.15) is 17.3 Å².